The molecule has 0 aromatic rings. The highest BCUT2D eigenvalue weighted by Gasteiger charge is 2.46. The maximum absolute atomic E-state index is 13.4. The average Bonchev–Trinajstić information content (AvgIpc) is 3.44. The number of nitrogens with two attached hydrogens (primary N) is 4. The summed E-state index contributed by atoms with van der Waals surface area (Å²) in [6, 6.07) is -3.31. The van der Waals surface area contributed by atoms with E-state index >= 15 is 0 Å². The van der Waals surface area contributed by atoms with Gasteiger partial charge < -0.3 is 117 Å². The molecule has 31 nitrogen and oxygen atoms in total. The molecule has 0 aliphatic carbocycles. The Morgan fingerprint density at radius 3 is 1.64 bits per heavy atom. The van der Waals surface area contributed by atoms with Crippen molar-refractivity contribution in [1.82, 2.24) is 20.9 Å². The van der Waals surface area contributed by atoms with Gasteiger partial charge in [-0.1, -0.05) is 13.8 Å². The maximum atomic E-state index is 13.4. The third-order valence-electron chi connectivity index (χ3n) is 11.5. The first-order valence-electron chi connectivity index (χ1n) is 25.4. The molecule has 0 unspecified atom stereocenters. The zero-order valence-electron chi connectivity index (χ0n) is 44.4. The summed E-state index contributed by atoms with van der Waals surface area (Å²) in [7, 11) is 0. The fourth-order valence-corrected chi connectivity index (χ4v) is 7.69. The third kappa shape index (κ3) is 26.6. The Hall–Kier alpha value is -6.00. The zero-order chi connectivity index (χ0) is 58.0. The Balaban J connectivity index is 1.96. The van der Waals surface area contributed by atoms with Gasteiger partial charge in [-0.25, -0.2) is 19.6 Å². The highest BCUT2D eigenvalue weighted by atomic mass is 16.6. The van der Waals surface area contributed by atoms with Crippen LogP contribution in [-0.4, -0.2) is 256 Å². The molecule has 446 valence electrons. The monoisotopic (exact) mass is 1120 g/mol. The molecule has 0 aromatic heterocycles. The number of rotatable bonds is 42. The molecule has 78 heavy (non-hydrogen) atoms. The van der Waals surface area contributed by atoms with Crippen molar-refractivity contribution in [3.8, 4) is 0 Å². The summed E-state index contributed by atoms with van der Waals surface area (Å²) in [4.78, 5) is 84.5. The second kappa shape index (κ2) is 38.5. The topological polar surface area (TPSA) is 475 Å². The molecule has 2 rings (SSSR count). The van der Waals surface area contributed by atoms with Gasteiger partial charge >= 0.3 is 11.9 Å². The van der Waals surface area contributed by atoms with Crippen molar-refractivity contribution in [3.63, 3.8) is 0 Å². The first kappa shape index (κ1) is 68.1. The minimum atomic E-state index is -1.74. The van der Waals surface area contributed by atoms with Gasteiger partial charge in [-0.2, -0.15) is 0 Å². The number of nitrogens with zero attached hydrogens (tertiary/aromatic N) is 3. The second-order valence-corrected chi connectivity index (χ2v) is 17.7. The highest BCUT2D eigenvalue weighted by molar-refractivity contribution is 5.86. The lowest BCUT2D eigenvalue weighted by Crippen LogP contribution is -2.60. The Bertz CT molecular complexity index is 1960. The number of carbonyl (C=O) groups excluding carboxylic acids is 4. The number of hydrogen-bond donors (Lipinski definition) is 13. The standard InChI is InChI=1S/C47H82N10O21/c1-4-12-70-16-18-73-20-21-74-19-17-71-13-7-38(65)57(10-6-5-8-52-36(63)26-75-41(32(61)24-58)40-28(2)30(55-46(48)49)22-34(77-40)44(66)67)11-15-72-14-9-53-37(64)27-76-42(33(62)25-59)43-39(54-29(3)60)31(56-47(50)51)23-35(78-43)45(68)69/h22-23,28,30-33,39-43,58-59,61-62H,4-21,24-27H2,1-3H3,(H,52,63)(H,53,64)(H,54,60)(H,66,67)(H,68,69)(H4,48,49,55)(H4,50,51,56)/t28-,30+,31+,32-,33-,39-,40-,41-,42-,43-/m1/s1. The van der Waals surface area contributed by atoms with Gasteiger partial charge in [0, 0.05) is 45.6 Å². The number of nitrogens with one attached hydrogen (secondary N) is 3. The van der Waals surface area contributed by atoms with E-state index in [9.17, 15) is 59.4 Å². The molecule has 17 N–H and O–H groups in total. The number of ether oxygens (including phenoxy) is 9. The van der Waals surface area contributed by atoms with Gasteiger partial charge in [0.05, 0.1) is 97.2 Å². The summed E-state index contributed by atoms with van der Waals surface area (Å²) in [5, 5.41) is 68.0. The number of hydrogen-bond acceptors (Lipinski definition) is 21. The number of amides is 4. The molecule has 4 amide bonds. The van der Waals surface area contributed by atoms with Gasteiger partial charge in [-0.05, 0) is 31.4 Å². The summed E-state index contributed by atoms with van der Waals surface area (Å²) in [6.07, 6.45) is -4.97. The van der Waals surface area contributed by atoms with Crippen molar-refractivity contribution in [3.05, 3.63) is 23.7 Å². The van der Waals surface area contributed by atoms with Crippen LogP contribution < -0.4 is 38.9 Å². The van der Waals surface area contributed by atoms with E-state index in [1.54, 1.807) is 11.8 Å². The molecule has 2 heterocycles. The molecule has 0 bridgehead atoms. The van der Waals surface area contributed by atoms with Crippen LogP contribution in [0.2, 0.25) is 0 Å². The normalized spacial score (nSPS) is 20.4. The molecule has 2 aliphatic rings. The molecule has 2 aliphatic heterocycles. The number of guanidine groups is 2. The Morgan fingerprint density at radius 1 is 0.654 bits per heavy atom. The Labute approximate surface area is 451 Å². The number of aliphatic hydroxyl groups is 4. The first-order valence-corrected chi connectivity index (χ1v) is 25.4. The maximum Gasteiger partial charge on any atom is 0.370 e. The SMILES string of the molecule is CCCOCCOCCOCCOCCC(=O)N(CCCCNC(=O)CO[C@@H]([C@@H]1OC(C(=O)O)=C[C@H](N=C(N)N)[C@H]1C)[C@H](O)CO)CCOCCNC(=O)CO[C@@H]([C@@H]1OC(C(=O)O)=C[C@H](N=C(N)N)[C@H]1NC(C)=O)[C@H](O)CO. The van der Waals surface area contributed by atoms with Crippen LogP contribution in [0, 0.1) is 5.92 Å². The van der Waals surface area contributed by atoms with Crippen LogP contribution in [0.5, 0.6) is 0 Å². The van der Waals surface area contributed by atoms with Gasteiger partial charge in [0.1, 0.15) is 43.7 Å². The fourth-order valence-electron chi connectivity index (χ4n) is 7.69. The van der Waals surface area contributed by atoms with Crippen molar-refractivity contribution < 1.29 is 102 Å². The van der Waals surface area contributed by atoms with Crippen LogP contribution in [0.15, 0.2) is 33.7 Å². The lowest BCUT2D eigenvalue weighted by Gasteiger charge is -2.40. The van der Waals surface area contributed by atoms with E-state index in [1.165, 1.54) is 6.08 Å². The van der Waals surface area contributed by atoms with E-state index in [4.69, 9.17) is 65.6 Å². The van der Waals surface area contributed by atoms with Crippen molar-refractivity contribution in [2.45, 2.75) is 101 Å². The van der Waals surface area contributed by atoms with E-state index in [0.29, 0.717) is 45.9 Å². The smallest absolute Gasteiger partial charge is 0.370 e. The molecule has 0 saturated carbocycles. The molecule has 31 heteroatoms. The van der Waals surface area contributed by atoms with E-state index in [0.717, 1.165) is 19.4 Å². The summed E-state index contributed by atoms with van der Waals surface area (Å²) in [5.74, 6) is -7.75. The van der Waals surface area contributed by atoms with Gasteiger partial charge in [0.2, 0.25) is 35.1 Å². The molecule has 0 fully saturated rings. The van der Waals surface area contributed by atoms with Crippen LogP contribution in [-0.2, 0) is 71.4 Å². The second-order valence-electron chi connectivity index (χ2n) is 17.7. The molecular weight excluding hydrogens is 1040 g/mol. The molecule has 0 spiro atoms. The van der Waals surface area contributed by atoms with Crippen molar-refractivity contribution in [2.75, 3.05) is 119 Å². The van der Waals surface area contributed by atoms with E-state index in [1.807, 2.05) is 6.92 Å². The van der Waals surface area contributed by atoms with Crippen molar-refractivity contribution >= 4 is 47.5 Å². The predicted molar refractivity (Wildman–Crippen MR) is 274 cm³/mol. The van der Waals surface area contributed by atoms with Crippen molar-refractivity contribution in [1.29, 1.82) is 0 Å². The predicted octanol–water partition coefficient (Wildman–Crippen LogP) is -5.65. The van der Waals surface area contributed by atoms with Gasteiger partial charge in [0.15, 0.2) is 18.0 Å². The molecule has 0 radical (unpaired) electrons. The number of aliphatic carboxylic acids is 2. The summed E-state index contributed by atoms with van der Waals surface area (Å²) in [6.45, 7) is 5.26. The zero-order valence-corrected chi connectivity index (χ0v) is 44.4. The number of carboxylic acid groups (broad SMARTS) is 2. The first-order chi connectivity index (χ1) is 37.2. The number of aliphatic hydroxyl groups excluding tert-OH is 4. The quantitative estimate of drug-likeness (QED) is 0.0154. The molecule has 0 saturated heterocycles. The number of unbranched alkanes of at least 4 members (excludes halogenated alkanes) is 1. The average molecular weight is 1120 g/mol. The lowest BCUT2D eigenvalue weighted by atomic mass is 9.87. The van der Waals surface area contributed by atoms with Gasteiger partial charge in [0.25, 0.3) is 0 Å². The van der Waals surface area contributed by atoms with E-state index in [2.05, 4.69) is 25.9 Å². The number of aliphatic imine (C=N–C) groups is 2. The summed E-state index contributed by atoms with van der Waals surface area (Å²) in [5.41, 5.74) is 22.1. The number of carbonyl (C=O) groups is 6. The largest absolute Gasteiger partial charge is 0.480 e. The Morgan fingerprint density at radius 2 is 1.13 bits per heavy atom. The summed E-state index contributed by atoms with van der Waals surface area (Å²) >= 11 is 0. The number of carboxylic acids is 2. The fraction of sp³-hybridized carbons (Fsp3) is 0.745. The summed E-state index contributed by atoms with van der Waals surface area (Å²) < 4.78 is 50.1. The van der Waals surface area contributed by atoms with Gasteiger partial charge in [-0.3, -0.25) is 19.2 Å². The third-order valence-corrected chi connectivity index (χ3v) is 11.5. The molecule has 10 atom stereocenters. The highest BCUT2D eigenvalue weighted by Crippen LogP contribution is 2.31. The van der Waals surface area contributed by atoms with Crippen LogP contribution in [0.3, 0.4) is 0 Å². The van der Waals surface area contributed by atoms with Crippen LogP contribution in [0.4, 0.5) is 0 Å². The minimum Gasteiger partial charge on any atom is -0.480 e. The lowest BCUT2D eigenvalue weighted by molar-refractivity contribution is -0.160. The van der Waals surface area contributed by atoms with Gasteiger partial charge in [-0.15, -0.1) is 0 Å². The molecule has 0 aromatic carbocycles. The van der Waals surface area contributed by atoms with E-state index < -0.39 is 134 Å². The minimum absolute atomic E-state index is 0.0229. The Kier molecular flexibility index (Phi) is 33.7. The van der Waals surface area contributed by atoms with Crippen molar-refractivity contribution in [2.24, 2.45) is 38.8 Å². The van der Waals surface area contributed by atoms with Crippen LogP contribution in [0.1, 0.15) is 46.5 Å². The van der Waals surface area contributed by atoms with Crippen LogP contribution >= 0.6 is 0 Å². The van der Waals surface area contributed by atoms with Crippen LogP contribution in [0.25, 0.3) is 0 Å². The van der Waals surface area contributed by atoms with E-state index in [-0.39, 0.29) is 77.5 Å². The molecular formula is C47H82N10O21.